The molecular formula is C16H20N4O3. The van der Waals surface area contributed by atoms with Gasteiger partial charge in [0, 0.05) is 32.0 Å². The van der Waals surface area contributed by atoms with Gasteiger partial charge >= 0.3 is 0 Å². The minimum absolute atomic E-state index is 0.0450. The molecule has 1 atom stereocenters. The number of hydrogen-bond donors (Lipinski definition) is 2. The minimum Gasteiger partial charge on any atom is -0.346 e. The molecule has 3 amide bonds. The van der Waals surface area contributed by atoms with Crippen molar-refractivity contribution in [1.29, 1.82) is 0 Å². The number of hydrogen-bond acceptors (Lipinski definition) is 4. The third-order valence-electron chi connectivity index (χ3n) is 4.05. The number of aromatic nitrogens is 1. The monoisotopic (exact) mass is 316 g/mol. The quantitative estimate of drug-likeness (QED) is 0.859. The fraction of sp³-hybridized carbons (Fsp3) is 0.500. The number of likely N-dealkylation sites (tertiary alicyclic amines) is 1. The SMILES string of the molecule is CC(=O)Nc1cccc(C(=O)N[C@H]2CCN(C(=O)C3CC3)C2)n1. The van der Waals surface area contributed by atoms with Crippen LogP contribution in [-0.2, 0) is 9.59 Å². The maximum absolute atomic E-state index is 12.3. The molecule has 1 saturated carbocycles. The molecule has 1 saturated heterocycles. The van der Waals surface area contributed by atoms with Crippen LogP contribution in [-0.4, -0.2) is 46.7 Å². The number of pyridine rings is 1. The highest BCUT2D eigenvalue weighted by molar-refractivity contribution is 5.94. The predicted octanol–water partition coefficient (Wildman–Crippen LogP) is 0.781. The van der Waals surface area contributed by atoms with Crippen LogP contribution in [0.25, 0.3) is 0 Å². The van der Waals surface area contributed by atoms with Crippen molar-refractivity contribution in [2.24, 2.45) is 5.92 Å². The molecule has 0 radical (unpaired) electrons. The maximum atomic E-state index is 12.3. The van der Waals surface area contributed by atoms with E-state index >= 15 is 0 Å². The summed E-state index contributed by atoms with van der Waals surface area (Å²) in [4.78, 5) is 41.3. The van der Waals surface area contributed by atoms with E-state index in [1.165, 1.54) is 6.92 Å². The lowest BCUT2D eigenvalue weighted by atomic mass is 10.2. The van der Waals surface area contributed by atoms with Crippen LogP contribution in [0.1, 0.15) is 36.7 Å². The van der Waals surface area contributed by atoms with Gasteiger partial charge in [0.1, 0.15) is 11.5 Å². The van der Waals surface area contributed by atoms with E-state index in [-0.39, 0.29) is 35.4 Å². The molecule has 1 aliphatic heterocycles. The summed E-state index contributed by atoms with van der Waals surface area (Å²) >= 11 is 0. The molecule has 0 spiro atoms. The highest BCUT2D eigenvalue weighted by atomic mass is 16.2. The zero-order chi connectivity index (χ0) is 16.4. The predicted molar refractivity (Wildman–Crippen MR) is 83.7 cm³/mol. The second-order valence-electron chi connectivity index (χ2n) is 6.11. The van der Waals surface area contributed by atoms with Crippen molar-refractivity contribution in [3.8, 4) is 0 Å². The summed E-state index contributed by atoms with van der Waals surface area (Å²) in [6, 6.07) is 4.86. The highest BCUT2D eigenvalue weighted by Gasteiger charge is 2.36. The van der Waals surface area contributed by atoms with E-state index < -0.39 is 0 Å². The number of nitrogens with one attached hydrogen (secondary N) is 2. The molecule has 2 heterocycles. The topological polar surface area (TPSA) is 91.4 Å². The maximum Gasteiger partial charge on any atom is 0.270 e. The summed E-state index contributed by atoms with van der Waals surface area (Å²) in [6.07, 6.45) is 2.74. The zero-order valence-corrected chi connectivity index (χ0v) is 13.0. The standard InChI is InChI=1S/C16H20N4O3/c1-10(21)17-14-4-2-3-13(19-14)15(22)18-12-7-8-20(9-12)16(23)11-5-6-11/h2-4,11-12H,5-9H2,1H3,(H,18,22)(H,17,19,21)/t12-/m0/s1. The Morgan fingerprint density at radius 2 is 2.00 bits per heavy atom. The Labute approximate surface area is 134 Å². The van der Waals surface area contributed by atoms with E-state index in [0.29, 0.717) is 18.9 Å². The molecule has 23 heavy (non-hydrogen) atoms. The van der Waals surface area contributed by atoms with Gasteiger partial charge in [0.2, 0.25) is 11.8 Å². The number of amides is 3. The molecule has 2 aliphatic rings. The first-order chi connectivity index (χ1) is 11.0. The summed E-state index contributed by atoms with van der Waals surface area (Å²) in [5.41, 5.74) is 0.253. The number of anilines is 1. The van der Waals surface area contributed by atoms with Gasteiger partial charge in [-0.1, -0.05) is 6.07 Å². The van der Waals surface area contributed by atoms with Crippen LogP contribution in [0.2, 0.25) is 0 Å². The van der Waals surface area contributed by atoms with Gasteiger partial charge < -0.3 is 15.5 Å². The van der Waals surface area contributed by atoms with Crippen LogP contribution in [0.4, 0.5) is 5.82 Å². The number of nitrogens with zero attached hydrogens (tertiary/aromatic N) is 2. The molecule has 3 rings (SSSR count). The van der Waals surface area contributed by atoms with Crippen LogP contribution in [0.15, 0.2) is 18.2 Å². The summed E-state index contributed by atoms with van der Waals surface area (Å²) in [5.74, 6) is 0.248. The molecule has 0 bridgehead atoms. The Hall–Kier alpha value is -2.44. The van der Waals surface area contributed by atoms with Crippen molar-refractivity contribution in [2.75, 3.05) is 18.4 Å². The summed E-state index contributed by atoms with van der Waals surface area (Å²) in [6.45, 7) is 2.64. The highest BCUT2D eigenvalue weighted by Crippen LogP contribution is 2.32. The molecule has 1 aliphatic carbocycles. The normalized spacial score (nSPS) is 20.2. The Morgan fingerprint density at radius 3 is 2.70 bits per heavy atom. The largest absolute Gasteiger partial charge is 0.346 e. The van der Waals surface area contributed by atoms with Gasteiger partial charge in [0.15, 0.2) is 0 Å². The molecule has 122 valence electrons. The molecule has 2 N–H and O–H groups in total. The van der Waals surface area contributed by atoms with E-state index in [9.17, 15) is 14.4 Å². The number of rotatable bonds is 4. The minimum atomic E-state index is -0.289. The smallest absolute Gasteiger partial charge is 0.270 e. The van der Waals surface area contributed by atoms with Gasteiger partial charge in [-0.15, -0.1) is 0 Å². The van der Waals surface area contributed by atoms with Crippen molar-refractivity contribution in [3.63, 3.8) is 0 Å². The van der Waals surface area contributed by atoms with E-state index in [1.54, 1.807) is 18.2 Å². The number of carbonyl (C=O) groups is 3. The van der Waals surface area contributed by atoms with Gasteiger partial charge in [-0.2, -0.15) is 0 Å². The van der Waals surface area contributed by atoms with Crippen molar-refractivity contribution in [1.82, 2.24) is 15.2 Å². The average Bonchev–Trinajstić information content (AvgIpc) is 3.26. The summed E-state index contributed by atoms with van der Waals surface area (Å²) < 4.78 is 0. The zero-order valence-electron chi connectivity index (χ0n) is 13.0. The average molecular weight is 316 g/mol. The third kappa shape index (κ3) is 3.85. The lowest BCUT2D eigenvalue weighted by Gasteiger charge is -2.16. The second kappa shape index (κ2) is 6.36. The van der Waals surface area contributed by atoms with Gasteiger partial charge in [0.25, 0.3) is 5.91 Å². The third-order valence-corrected chi connectivity index (χ3v) is 4.05. The molecule has 0 aromatic carbocycles. The summed E-state index contributed by atoms with van der Waals surface area (Å²) in [5, 5.41) is 5.46. The fourth-order valence-corrected chi connectivity index (χ4v) is 2.74. The van der Waals surface area contributed by atoms with E-state index in [0.717, 1.165) is 19.3 Å². The first-order valence-electron chi connectivity index (χ1n) is 7.87. The molecular weight excluding hydrogens is 296 g/mol. The van der Waals surface area contributed by atoms with E-state index in [1.807, 2.05) is 4.90 Å². The van der Waals surface area contributed by atoms with E-state index in [2.05, 4.69) is 15.6 Å². The van der Waals surface area contributed by atoms with Crippen LogP contribution in [0, 0.1) is 5.92 Å². The Kier molecular flexibility index (Phi) is 4.27. The first-order valence-corrected chi connectivity index (χ1v) is 7.87. The molecule has 2 fully saturated rings. The van der Waals surface area contributed by atoms with Gasteiger partial charge in [-0.25, -0.2) is 4.98 Å². The van der Waals surface area contributed by atoms with Crippen molar-refractivity contribution < 1.29 is 14.4 Å². The lowest BCUT2D eigenvalue weighted by molar-refractivity contribution is -0.131. The van der Waals surface area contributed by atoms with Crippen molar-refractivity contribution in [2.45, 2.75) is 32.2 Å². The molecule has 7 nitrogen and oxygen atoms in total. The first kappa shape index (κ1) is 15.5. The van der Waals surface area contributed by atoms with Crippen molar-refractivity contribution >= 4 is 23.5 Å². The molecule has 1 aromatic rings. The fourth-order valence-electron chi connectivity index (χ4n) is 2.74. The number of carbonyl (C=O) groups excluding carboxylic acids is 3. The van der Waals surface area contributed by atoms with Crippen LogP contribution < -0.4 is 10.6 Å². The molecule has 1 aromatic heterocycles. The summed E-state index contributed by atoms with van der Waals surface area (Å²) in [7, 11) is 0. The Bertz CT molecular complexity index is 642. The van der Waals surface area contributed by atoms with Crippen LogP contribution in [0.3, 0.4) is 0 Å². The van der Waals surface area contributed by atoms with Crippen molar-refractivity contribution in [3.05, 3.63) is 23.9 Å². The van der Waals surface area contributed by atoms with Gasteiger partial charge in [-0.3, -0.25) is 14.4 Å². The Balaban J connectivity index is 1.57. The Morgan fingerprint density at radius 1 is 1.22 bits per heavy atom. The van der Waals surface area contributed by atoms with Crippen LogP contribution in [0.5, 0.6) is 0 Å². The van der Waals surface area contributed by atoms with E-state index in [4.69, 9.17) is 0 Å². The lowest BCUT2D eigenvalue weighted by Crippen LogP contribution is -2.39. The van der Waals surface area contributed by atoms with Crippen LogP contribution >= 0.6 is 0 Å². The van der Waals surface area contributed by atoms with Gasteiger partial charge in [0.05, 0.1) is 0 Å². The van der Waals surface area contributed by atoms with Gasteiger partial charge in [-0.05, 0) is 31.4 Å². The molecule has 7 heteroatoms. The molecule has 0 unspecified atom stereocenters. The second-order valence-corrected chi connectivity index (χ2v) is 6.11.